The van der Waals surface area contributed by atoms with Gasteiger partial charge in [0.25, 0.3) is 5.91 Å². The Bertz CT molecular complexity index is 469. The fraction of sp³-hybridized carbons (Fsp3) is 0.273. The average Bonchev–Trinajstić information content (AvgIpc) is 2.18. The first-order valence-corrected chi connectivity index (χ1v) is 5.13. The number of carboxylic acid groups (broad SMARTS) is 1. The van der Waals surface area contributed by atoms with Crippen molar-refractivity contribution in [3.05, 3.63) is 23.8 Å². The molecule has 0 aliphatic carbocycles. The Hall–Kier alpha value is -2.08. The van der Waals surface area contributed by atoms with E-state index in [1.54, 1.807) is 0 Å². The van der Waals surface area contributed by atoms with Gasteiger partial charge in [-0.3, -0.25) is 4.79 Å². The van der Waals surface area contributed by atoms with Gasteiger partial charge in [-0.15, -0.1) is 0 Å². The molecule has 17 heavy (non-hydrogen) atoms. The molecule has 0 aromatic heterocycles. The number of aromatic carboxylic acids is 1. The second-order valence-electron chi connectivity index (χ2n) is 3.74. The molecule has 1 heterocycles. The monoisotopic (exact) mass is 236 g/mol. The van der Waals surface area contributed by atoms with Crippen LogP contribution in [0.1, 0.15) is 16.8 Å². The third-order valence-corrected chi connectivity index (χ3v) is 2.55. The van der Waals surface area contributed by atoms with E-state index in [-0.39, 0.29) is 11.5 Å². The molecule has 4 N–H and O–H groups in total. The number of nitrogens with two attached hydrogens (primary N) is 1. The number of hydrogen-bond donors (Lipinski definition) is 3. The zero-order valence-electron chi connectivity index (χ0n) is 8.97. The summed E-state index contributed by atoms with van der Waals surface area (Å²) in [7, 11) is 0. The van der Waals surface area contributed by atoms with Gasteiger partial charge in [0.15, 0.2) is 0 Å². The number of anilines is 2. The van der Waals surface area contributed by atoms with Gasteiger partial charge in [0.05, 0.1) is 23.5 Å². The Kier molecular flexibility index (Phi) is 2.97. The molecular formula is C11H12N2O4. The van der Waals surface area contributed by atoms with Crippen molar-refractivity contribution in [1.82, 2.24) is 0 Å². The van der Waals surface area contributed by atoms with Crippen LogP contribution in [-0.2, 0) is 9.53 Å². The number of nitrogen functional groups attached to an aromatic ring is 1. The van der Waals surface area contributed by atoms with Gasteiger partial charge in [0.2, 0.25) is 0 Å². The van der Waals surface area contributed by atoms with Gasteiger partial charge in [-0.05, 0) is 18.2 Å². The fourth-order valence-electron chi connectivity index (χ4n) is 1.45. The summed E-state index contributed by atoms with van der Waals surface area (Å²) in [4.78, 5) is 22.4. The van der Waals surface area contributed by atoms with Crippen LogP contribution >= 0.6 is 0 Å². The van der Waals surface area contributed by atoms with Crippen molar-refractivity contribution in [2.24, 2.45) is 0 Å². The van der Waals surface area contributed by atoms with Crippen molar-refractivity contribution in [2.75, 3.05) is 17.7 Å². The third kappa shape index (κ3) is 2.36. The van der Waals surface area contributed by atoms with E-state index in [9.17, 15) is 9.59 Å². The largest absolute Gasteiger partial charge is 0.478 e. The minimum absolute atomic E-state index is 0.0732. The molecule has 2 rings (SSSR count). The van der Waals surface area contributed by atoms with Gasteiger partial charge in [-0.25, -0.2) is 4.79 Å². The third-order valence-electron chi connectivity index (χ3n) is 2.55. The number of carbonyl (C=O) groups is 2. The molecule has 1 amide bonds. The highest BCUT2D eigenvalue weighted by molar-refractivity contribution is 5.99. The van der Waals surface area contributed by atoms with E-state index in [2.05, 4.69) is 5.32 Å². The lowest BCUT2D eigenvalue weighted by molar-refractivity contribution is -0.139. The molecule has 1 fully saturated rings. The molecule has 1 aliphatic heterocycles. The zero-order chi connectivity index (χ0) is 12.4. The Morgan fingerprint density at radius 1 is 1.47 bits per heavy atom. The summed E-state index contributed by atoms with van der Waals surface area (Å²) in [6.45, 7) is 0.572. The Balaban J connectivity index is 2.16. The summed E-state index contributed by atoms with van der Waals surface area (Å²) in [6, 6.07) is 4.15. The van der Waals surface area contributed by atoms with Gasteiger partial charge in [-0.1, -0.05) is 0 Å². The molecule has 0 spiro atoms. The van der Waals surface area contributed by atoms with E-state index in [4.69, 9.17) is 15.6 Å². The van der Waals surface area contributed by atoms with Crippen LogP contribution in [0.4, 0.5) is 11.4 Å². The summed E-state index contributed by atoms with van der Waals surface area (Å²) >= 11 is 0. The predicted molar refractivity (Wildman–Crippen MR) is 60.8 cm³/mol. The normalized spacial score (nSPS) is 18.2. The van der Waals surface area contributed by atoms with E-state index in [0.29, 0.717) is 24.4 Å². The summed E-state index contributed by atoms with van der Waals surface area (Å²) in [5.74, 6) is -1.37. The van der Waals surface area contributed by atoms with Crippen molar-refractivity contribution in [1.29, 1.82) is 0 Å². The molecule has 6 heteroatoms. The van der Waals surface area contributed by atoms with Gasteiger partial charge in [-0.2, -0.15) is 0 Å². The van der Waals surface area contributed by atoms with Crippen molar-refractivity contribution >= 4 is 23.3 Å². The van der Waals surface area contributed by atoms with Crippen LogP contribution in [0.25, 0.3) is 0 Å². The standard InChI is InChI=1S/C11H12N2O4/c12-7-2-1-6(11(15)16)5-8(7)13-10(14)9-3-4-17-9/h1-2,5,9H,3-4,12H2,(H,13,14)(H,15,16)/t9-/m0/s1. The average molecular weight is 236 g/mol. The molecule has 6 nitrogen and oxygen atoms in total. The van der Waals surface area contributed by atoms with Crippen LogP contribution in [0.15, 0.2) is 18.2 Å². The van der Waals surface area contributed by atoms with Gasteiger partial charge >= 0.3 is 5.97 Å². The lowest BCUT2D eigenvalue weighted by Gasteiger charge is -2.25. The second kappa shape index (κ2) is 4.42. The highest BCUT2D eigenvalue weighted by Crippen LogP contribution is 2.22. The van der Waals surface area contributed by atoms with Gasteiger partial charge in [0, 0.05) is 6.42 Å². The quantitative estimate of drug-likeness (QED) is 0.670. The number of carboxylic acids is 1. The maximum atomic E-state index is 11.6. The summed E-state index contributed by atoms with van der Waals surface area (Å²) < 4.78 is 5.01. The van der Waals surface area contributed by atoms with Crippen LogP contribution in [0.3, 0.4) is 0 Å². The second-order valence-corrected chi connectivity index (χ2v) is 3.74. The van der Waals surface area contributed by atoms with Gasteiger partial charge < -0.3 is 20.9 Å². The molecule has 1 aromatic carbocycles. The molecule has 0 radical (unpaired) electrons. The predicted octanol–water partition coefficient (Wildman–Crippen LogP) is 0.694. The first-order chi connectivity index (χ1) is 8.08. The number of hydrogen-bond acceptors (Lipinski definition) is 4. The molecule has 90 valence electrons. The van der Waals surface area contributed by atoms with Crippen LogP contribution in [0.5, 0.6) is 0 Å². The summed E-state index contributed by atoms with van der Waals surface area (Å²) in [6.07, 6.45) is 0.215. The van der Waals surface area contributed by atoms with Crippen molar-refractivity contribution < 1.29 is 19.4 Å². The van der Waals surface area contributed by atoms with Crippen molar-refractivity contribution in [3.63, 3.8) is 0 Å². The van der Waals surface area contributed by atoms with Gasteiger partial charge in [0.1, 0.15) is 6.10 Å². The van der Waals surface area contributed by atoms with Crippen LogP contribution < -0.4 is 11.1 Å². The van der Waals surface area contributed by atoms with E-state index in [0.717, 1.165) is 0 Å². The summed E-state index contributed by atoms with van der Waals surface area (Å²) in [5.41, 5.74) is 6.34. The van der Waals surface area contributed by atoms with Crippen molar-refractivity contribution in [2.45, 2.75) is 12.5 Å². The lowest BCUT2D eigenvalue weighted by atomic mass is 10.1. The SMILES string of the molecule is Nc1ccc(C(=O)O)cc1NC(=O)[C@@H]1CCO1. The number of carbonyl (C=O) groups excluding carboxylic acids is 1. The van der Waals surface area contributed by atoms with E-state index < -0.39 is 12.1 Å². The van der Waals surface area contributed by atoms with Crippen LogP contribution in [0.2, 0.25) is 0 Å². The van der Waals surface area contributed by atoms with E-state index in [1.165, 1.54) is 18.2 Å². The molecule has 1 atom stereocenters. The molecule has 0 saturated carbocycles. The maximum Gasteiger partial charge on any atom is 0.335 e. The fourth-order valence-corrected chi connectivity index (χ4v) is 1.45. The highest BCUT2D eigenvalue weighted by Gasteiger charge is 2.26. The molecule has 1 aliphatic rings. The number of benzene rings is 1. The number of rotatable bonds is 3. The smallest absolute Gasteiger partial charge is 0.335 e. The Morgan fingerprint density at radius 3 is 2.71 bits per heavy atom. The maximum absolute atomic E-state index is 11.6. The number of amides is 1. The summed E-state index contributed by atoms with van der Waals surface area (Å²) in [5, 5.41) is 11.4. The van der Waals surface area contributed by atoms with Crippen molar-refractivity contribution in [3.8, 4) is 0 Å². The zero-order valence-corrected chi connectivity index (χ0v) is 8.97. The lowest BCUT2D eigenvalue weighted by Crippen LogP contribution is -2.39. The molecular weight excluding hydrogens is 224 g/mol. The minimum Gasteiger partial charge on any atom is -0.478 e. The Labute approximate surface area is 97.4 Å². The van der Waals surface area contributed by atoms with Crippen LogP contribution in [0, 0.1) is 0 Å². The molecule has 0 bridgehead atoms. The molecule has 1 saturated heterocycles. The minimum atomic E-state index is -1.07. The number of ether oxygens (including phenoxy) is 1. The molecule has 1 aromatic rings. The number of nitrogens with one attached hydrogen (secondary N) is 1. The van der Waals surface area contributed by atoms with E-state index >= 15 is 0 Å². The van der Waals surface area contributed by atoms with E-state index in [1.807, 2.05) is 0 Å². The highest BCUT2D eigenvalue weighted by atomic mass is 16.5. The Morgan fingerprint density at radius 2 is 2.18 bits per heavy atom. The molecule has 0 unspecified atom stereocenters. The first-order valence-electron chi connectivity index (χ1n) is 5.13. The van der Waals surface area contributed by atoms with Crippen LogP contribution in [-0.4, -0.2) is 29.7 Å². The topological polar surface area (TPSA) is 102 Å². The first kappa shape index (κ1) is 11.4.